The topological polar surface area (TPSA) is 92.3 Å². The second-order valence-corrected chi connectivity index (χ2v) is 6.70. The summed E-state index contributed by atoms with van der Waals surface area (Å²) in [6.45, 7) is 1.63. The lowest BCUT2D eigenvalue weighted by molar-refractivity contribution is -0.118. The molecule has 0 aliphatic heterocycles. The van der Waals surface area contributed by atoms with Gasteiger partial charge in [0.05, 0.1) is 17.5 Å². The largest absolute Gasteiger partial charge is 0.484 e. The number of carbonyl (C=O) groups is 1. The van der Waals surface area contributed by atoms with Crippen LogP contribution in [0.15, 0.2) is 62.6 Å². The highest BCUT2D eigenvalue weighted by Crippen LogP contribution is 2.26. The molecule has 0 fully saturated rings. The van der Waals surface area contributed by atoms with Gasteiger partial charge in [-0.25, -0.2) is 4.79 Å². The Morgan fingerprint density at radius 1 is 1.26 bits per heavy atom. The molecule has 0 aliphatic carbocycles. The number of aryl methyl sites for hydroxylation is 1. The van der Waals surface area contributed by atoms with Gasteiger partial charge in [-0.1, -0.05) is 12.1 Å². The molecule has 0 saturated carbocycles. The molecule has 1 amide bonds. The van der Waals surface area contributed by atoms with Crippen molar-refractivity contribution in [3.05, 3.63) is 64.5 Å². The lowest BCUT2D eigenvalue weighted by atomic mass is 10.1. The summed E-state index contributed by atoms with van der Waals surface area (Å²) in [5, 5.41) is 12.3. The summed E-state index contributed by atoms with van der Waals surface area (Å²) in [5.41, 5.74) is 1.43. The maximum atomic E-state index is 12.2. The van der Waals surface area contributed by atoms with Crippen LogP contribution in [0.5, 0.6) is 5.75 Å². The van der Waals surface area contributed by atoms with Crippen LogP contribution in [0.3, 0.4) is 0 Å². The highest BCUT2D eigenvalue weighted by atomic mass is 32.2. The van der Waals surface area contributed by atoms with Gasteiger partial charge in [-0.3, -0.25) is 4.79 Å². The maximum absolute atomic E-state index is 12.2. The van der Waals surface area contributed by atoms with Crippen LogP contribution in [0.2, 0.25) is 0 Å². The number of nitrogens with zero attached hydrogens (tertiary/aromatic N) is 1. The highest BCUT2D eigenvalue weighted by molar-refractivity contribution is 7.99. The van der Waals surface area contributed by atoms with Gasteiger partial charge < -0.3 is 14.5 Å². The van der Waals surface area contributed by atoms with Gasteiger partial charge in [-0.2, -0.15) is 5.26 Å². The average Bonchev–Trinajstić information content (AvgIpc) is 2.65. The maximum Gasteiger partial charge on any atom is 0.336 e. The molecule has 1 N–H and O–H groups in total. The molecule has 0 saturated heterocycles. The third-order valence-electron chi connectivity index (χ3n) is 3.75. The fourth-order valence-corrected chi connectivity index (χ4v) is 3.21. The molecule has 0 unspecified atom stereocenters. The molecule has 3 aromatic rings. The van der Waals surface area contributed by atoms with Crippen LogP contribution in [0.25, 0.3) is 11.0 Å². The first kappa shape index (κ1) is 18.5. The van der Waals surface area contributed by atoms with Gasteiger partial charge >= 0.3 is 5.63 Å². The van der Waals surface area contributed by atoms with Crippen LogP contribution in [-0.2, 0) is 4.79 Å². The van der Waals surface area contributed by atoms with Crippen LogP contribution in [0.4, 0.5) is 5.69 Å². The minimum atomic E-state index is -0.429. The minimum absolute atomic E-state index is 0.196. The van der Waals surface area contributed by atoms with Crippen molar-refractivity contribution >= 4 is 34.3 Å². The van der Waals surface area contributed by atoms with E-state index in [-0.39, 0.29) is 12.5 Å². The number of thioether (sulfide) groups is 1. The molecule has 136 valence electrons. The zero-order valence-electron chi connectivity index (χ0n) is 14.5. The number of nitrogens with one attached hydrogen (secondary N) is 1. The summed E-state index contributed by atoms with van der Waals surface area (Å²) >= 11 is 1.35. The van der Waals surface area contributed by atoms with E-state index in [4.69, 9.17) is 14.4 Å². The van der Waals surface area contributed by atoms with Crippen molar-refractivity contribution < 1.29 is 13.9 Å². The van der Waals surface area contributed by atoms with E-state index in [1.165, 1.54) is 17.8 Å². The van der Waals surface area contributed by atoms with Crippen LogP contribution in [-0.4, -0.2) is 18.3 Å². The first-order chi connectivity index (χ1) is 13.1. The number of amides is 1. The molecule has 3 rings (SSSR count). The molecule has 0 spiro atoms. The molecule has 2 aromatic carbocycles. The normalized spacial score (nSPS) is 10.4. The number of benzene rings is 2. The number of fused-ring (bicyclic) bond motifs is 1. The Kier molecular flexibility index (Phi) is 5.79. The smallest absolute Gasteiger partial charge is 0.336 e. The van der Waals surface area contributed by atoms with E-state index in [9.17, 15) is 9.59 Å². The highest BCUT2D eigenvalue weighted by Gasteiger charge is 2.09. The number of anilines is 1. The van der Waals surface area contributed by atoms with Crippen molar-refractivity contribution in [2.45, 2.75) is 11.8 Å². The SMILES string of the molecule is Cc1cc(=O)oc2cc(OCC(=O)Nc3ccccc3SCC#N)ccc12. The lowest BCUT2D eigenvalue weighted by Crippen LogP contribution is -2.20. The van der Waals surface area contributed by atoms with E-state index in [1.807, 2.05) is 19.1 Å². The molecule has 0 aliphatic rings. The summed E-state index contributed by atoms with van der Waals surface area (Å²) < 4.78 is 10.7. The third-order valence-corrected chi connectivity index (χ3v) is 4.69. The van der Waals surface area contributed by atoms with Crippen LogP contribution in [0.1, 0.15) is 5.56 Å². The Balaban J connectivity index is 1.67. The van der Waals surface area contributed by atoms with Crippen LogP contribution >= 0.6 is 11.8 Å². The second-order valence-electron chi connectivity index (χ2n) is 5.69. The molecule has 27 heavy (non-hydrogen) atoms. The molecule has 1 aromatic heterocycles. The van der Waals surface area contributed by atoms with Crippen molar-refractivity contribution in [2.24, 2.45) is 0 Å². The van der Waals surface area contributed by atoms with Gasteiger partial charge in [0.15, 0.2) is 6.61 Å². The van der Waals surface area contributed by atoms with Crippen molar-refractivity contribution in [3.8, 4) is 11.8 Å². The zero-order valence-corrected chi connectivity index (χ0v) is 15.3. The van der Waals surface area contributed by atoms with E-state index in [2.05, 4.69) is 11.4 Å². The predicted molar refractivity (Wildman–Crippen MR) is 104 cm³/mol. The molecule has 0 atom stereocenters. The van der Waals surface area contributed by atoms with Crippen molar-refractivity contribution in [2.75, 3.05) is 17.7 Å². The number of para-hydroxylation sites is 1. The molecule has 0 bridgehead atoms. The quantitative estimate of drug-likeness (QED) is 0.517. The third kappa shape index (κ3) is 4.68. The van der Waals surface area contributed by atoms with E-state index >= 15 is 0 Å². The van der Waals surface area contributed by atoms with Gasteiger partial charge in [-0.15, -0.1) is 11.8 Å². The van der Waals surface area contributed by atoms with Gasteiger partial charge in [0, 0.05) is 22.4 Å². The Morgan fingerprint density at radius 2 is 2.07 bits per heavy atom. The number of hydrogen-bond donors (Lipinski definition) is 1. The fraction of sp³-hybridized carbons (Fsp3) is 0.150. The Hall–Kier alpha value is -3.24. The number of carbonyl (C=O) groups excluding carboxylic acids is 1. The minimum Gasteiger partial charge on any atom is -0.484 e. The molecule has 6 nitrogen and oxygen atoms in total. The predicted octanol–water partition coefficient (Wildman–Crippen LogP) is 3.73. The Labute approximate surface area is 159 Å². The van der Waals surface area contributed by atoms with Gasteiger partial charge in [0.25, 0.3) is 5.91 Å². The fourth-order valence-electron chi connectivity index (χ4n) is 2.54. The van der Waals surface area contributed by atoms with Gasteiger partial charge in [0.1, 0.15) is 11.3 Å². The van der Waals surface area contributed by atoms with E-state index in [1.54, 1.807) is 30.3 Å². The standard InChI is InChI=1S/C20H16N2O4S/c1-13-10-20(24)26-17-11-14(6-7-15(13)17)25-12-19(23)22-16-4-2-3-5-18(16)27-9-8-21/h2-7,10-11H,9,12H2,1H3,(H,22,23). The van der Waals surface area contributed by atoms with Crippen LogP contribution < -0.4 is 15.7 Å². The zero-order chi connectivity index (χ0) is 19.2. The Morgan fingerprint density at radius 3 is 2.89 bits per heavy atom. The number of nitriles is 1. The van der Waals surface area contributed by atoms with Gasteiger partial charge in [0.2, 0.25) is 0 Å². The first-order valence-electron chi connectivity index (χ1n) is 8.13. The van der Waals surface area contributed by atoms with E-state index < -0.39 is 5.63 Å². The van der Waals surface area contributed by atoms with Crippen LogP contribution in [0, 0.1) is 18.3 Å². The summed E-state index contributed by atoms with van der Waals surface area (Å²) in [6, 6.07) is 15.8. The van der Waals surface area contributed by atoms with E-state index in [0.717, 1.165) is 15.8 Å². The molecule has 7 heteroatoms. The summed E-state index contributed by atoms with van der Waals surface area (Å²) in [4.78, 5) is 24.5. The number of rotatable bonds is 6. The summed E-state index contributed by atoms with van der Waals surface area (Å²) in [6.07, 6.45) is 0. The molecular formula is C20H16N2O4S. The summed E-state index contributed by atoms with van der Waals surface area (Å²) in [5.74, 6) is 0.398. The first-order valence-corrected chi connectivity index (χ1v) is 9.11. The molecular weight excluding hydrogens is 364 g/mol. The lowest BCUT2D eigenvalue weighted by Gasteiger charge is -2.11. The van der Waals surface area contributed by atoms with Crippen molar-refractivity contribution in [1.82, 2.24) is 0 Å². The van der Waals surface area contributed by atoms with Gasteiger partial charge in [-0.05, 0) is 36.8 Å². The second kappa shape index (κ2) is 8.43. The molecule has 1 heterocycles. The van der Waals surface area contributed by atoms with E-state index in [0.29, 0.717) is 22.8 Å². The van der Waals surface area contributed by atoms with Crippen molar-refractivity contribution in [3.63, 3.8) is 0 Å². The number of ether oxygens (including phenoxy) is 1. The van der Waals surface area contributed by atoms with Crippen molar-refractivity contribution in [1.29, 1.82) is 5.26 Å². The monoisotopic (exact) mass is 380 g/mol. The Bertz CT molecular complexity index is 1090. The number of hydrogen-bond acceptors (Lipinski definition) is 6. The summed E-state index contributed by atoms with van der Waals surface area (Å²) in [7, 11) is 0. The molecule has 0 radical (unpaired) electrons. The average molecular weight is 380 g/mol.